The molecular weight excluding hydrogens is 260 g/mol. The van der Waals surface area contributed by atoms with Crippen LogP contribution in [0.15, 0.2) is 0 Å². The predicted octanol–water partition coefficient (Wildman–Crippen LogP) is 3.15. The molecular formula is C18H36N2O. The molecule has 124 valence electrons. The summed E-state index contributed by atoms with van der Waals surface area (Å²) >= 11 is 0. The molecule has 0 bridgehead atoms. The van der Waals surface area contributed by atoms with Gasteiger partial charge in [0.1, 0.15) is 0 Å². The zero-order valence-electron chi connectivity index (χ0n) is 14.8. The first-order valence-corrected chi connectivity index (χ1v) is 9.10. The summed E-state index contributed by atoms with van der Waals surface area (Å²) in [6, 6.07) is 1.29. The molecule has 5 atom stereocenters. The Morgan fingerprint density at radius 1 is 1.24 bits per heavy atom. The Hall–Kier alpha value is -0.120. The molecule has 0 aromatic heterocycles. The van der Waals surface area contributed by atoms with E-state index in [2.05, 4.69) is 44.8 Å². The van der Waals surface area contributed by atoms with Gasteiger partial charge in [-0.15, -0.1) is 0 Å². The summed E-state index contributed by atoms with van der Waals surface area (Å²) < 4.78 is 5.79. The topological polar surface area (TPSA) is 24.5 Å². The Morgan fingerprint density at radius 2 is 2.00 bits per heavy atom. The molecule has 1 aliphatic carbocycles. The van der Waals surface area contributed by atoms with E-state index >= 15 is 0 Å². The zero-order chi connectivity index (χ0) is 15.4. The molecule has 0 radical (unpaired) electrons. The van der Waals surface area contributed by atoms with Crippen molar-refractivity contribution >= 4 is 0 Å². The van der Waals surface area contributed by atoms with Crippen molar-refractivity contribution in [2.45, 2.75) is 72.1 Å². The fourth-order valence-electron chi connectivity index (χ4n) is 4.17. The maximum Gasteiger partial charge on any atom is 0.0674 e. The van der Waals surface area contributed by atoms with Crippen LogP contribution in [-0.2, 0) is 4.74 Å². The van der Waals surface area contributed by atoms with Gasteiger partial charge in [-0.2, -0.15) is 0 Å². The van der Waals surface area contributed by atoms with Crippen LogP contribution in [0, 0.1) is 17.8 Å². The Morgan fingerprint density at radius 3 is 2.67 bits per heavy atom. The van der Waals surface area contributed by atoms with Crippen LogP contribution in [0.25, 0.3) is 0 Å². The summed E-state index contributed by atoms with van der Waals surface area (Å²) in [7, 11) is 0. The summed E-state index contributed by atoms with van der Waals surface area (Å²) in [5.74, 6) is 2.55. The van der Waals surface area contributed by atoms with Crippen molar-refractivity contribution in [3.8, 4) is 0 Å². The number of rotatable bonds is 5. The molecule has 1 saturated heterocycles. The standard InChI is InChI=1S/C18H36N2O/c1-6-19-18-8-7-16(13(2)3)9-17(18)11-20-10-15(5)21-12-14(20)4/h13-19H,6-12H2,1-5H3. The number of hydrogen-bond donors (Lipinski definition) is 1. The van der Waals surface area contributed by atoms with E-state index in [-0.39, 0.29) is 0 Å². The second-order valence-electron chi connectivity index (χ2n) is 7.69. The van der Waals surface area contributed by atoms with Crippen LogP contribution in [0.5, 0.6) is 0 Å². The van der Waals surface area contributed by atoms with Crippen LogP contribution < -0.4 is 5.32 Å². The highest BCUT2D eigenvalue weighted by molar-refractivity contribution is 4.89. The smallest absolute Gasteiger partial charge is 0.0674 e. The molecule has 0 aromatic rings. The van der Waals surface area contributed by atoms with E-state index < -0.39 is 0 Å². The van der Waals surface area contributed by atoms with E-state index in [0.717, 1.165) is 43.5 Å². The summed E-state index contributed by atoms with van der Waals surface area (Å²) in [5, 5.41) is 3.75. The maximum absolute atomic E-state index is 5.79. The first-order chi connectivity index (χ1) is 10.0. The molecule has 3 heteroatoms. The minimum absolute atomic E-state index is 0.392. The maximum atomic E-state index is 5.79. The van der Waals surface area contributed by atoms with Gasteiger partial charge >= 0.3 is 0 Å². The normalized spacial score (nSPS) is 38.9. The lowest BCUT2D eigenvalue weighted by Crippen LogP contribution is -2.53. The third-order valence-corrected chi connectivity index (χ3v) is 5.64. The molecule has 2 rings (SSSR count). The van der Waals surface area contributed by atoms with E-state index in [4.69, 9.17) is 4.74 Å². The van der Waals surface area contributed by atoms with Crippen molar-refractivity contribution in [3.63, 3.8) is 0 Å². The summed E-state index contributed by atoms with van der Waals surface area (Å²) in [6.45, 7) is 15.9. The van der Waals surface area contributed by atoms with Crippen molar-refractivity contribution in [1.82, 2.24) is 10.2 Å². The minimum atomic E-state index is 0.392. The van der Waals surface area contributed by atoms with E-state index in [1.54, 1.807) is 0 Å². The van der Waals surface area contributed by atoms with Gasteiger partial charge < -0.3 is 10.1 Å². The molecule has 3 nitrogen and oxygen atoms in total. The van der Waals surface area contributed by atoms with Gasteiger partial charge in [0.2, 0.25) is 0 Å². The molecule has 2 fully saturated rings. The first kappa shape index (κ1) is 17.2. The van der Waals surface area contributed by atoms with E-state index in [9.17, 15) is 0 Å². The van der Waals surface area contributed by atoms with E-state index in [1.807, 2.05) is 0 Å². The van der Waals surface area contributed by atoms with Gasteiger partial charge in [0.25, 0.3) is 0 Å². The van der Waals surface area contributed by atoms with E-state index in [1.165, 1.54) is 25.8 Å². The van der Waals surface area contributed by atoms with E-state index in [0.29, 0.717) is 12.1 Å². The van der Waals surface area contributed by atoms with Crippen molar-refractivity contribution in [1.29, 1.82) is 0 Å². The molecule has 1 heterocycles. The van der Waals surface area contributed by atoms with Gasteiger partial charge in [-0.25, -0.2) is 0 Å². The third kappa shape index (κ3) is 4.67. The van der Waals surface area contributed by atoms with Crippen LogP contribution in [-0.4, -0.2) is 49.3 Å². The molecule has 1 aliphatic heterocycles. The molecule has 0 amide bonds. The van der Waals surface area contributed by atoms with Gasteiger partial charge in [-0.3, -0.25) is 4.90 Å². The lowest BCUT2D eigenvalue weighted by molar-refractivity contribution is -0.0590. The highest BCUT2D eigenvalue weighted by Crippen LogP contribution is 2.35. The number of hydrogen-bond acceptors (Lipinski definition) is 3. The number of morpholine rings is 1. The number of nitrogens with zero attached hydrogens (tertiary/aromatic N) is 1. The van der Waals surface area contributed by atoms with Crippen LogP contribution >= 0.6 is 0 Å². The van der Waals surface area contributed by atoms with Crippen LogP contribution in [0.3, 0.4) is 0 Å². The van der Waals surface area contributed by atoms with Crippen molar-refractivity contribution in [2.75, 3.05) is 26.2 Å². The van der Waals surface area contributed by atoms with Crippen molar-refractivity contribution < 1.29 is 4.74 Å². The Balaban J connectivity index is 1.97. The predicted molar refractivity (Wildman–Crippen MR) is 89.6 cm³/mol. The zero-order valence-corrected chi connectivity index (χ0v) is 14.8. The number of nitrogens with one attached hydrogen (secondary N) is 1. The molecule has 5 unspecified atom stereocenters. The lowest BCUT2D eigenvalue weighted by Gasteiger charge is -2.44. The van der Waals surface area contributed by atoms with Gasteiger partial charge in [0.15, 0.2) is 0 Å². The van der Waals surface area contributed by atoms with Crippen molar-refractivity contribution in [3.05, 3.63) is 0 Å². The molecule has 21 heavy (non-hydrogen) atoms. The molecule has 0 aromatic carbocycles. The first-order valence-electron chi connectivity index (χ1n) is 9.10. The molecule has 0 spiro atoms. The summed E-state index contributed by atoms with van der Waals surface area (Å²) in [4.78, 5) is 2.67. The second kappa shape index (κ2) is 7.94. The average molecular weight is 296 g/mol. The van der Waals surface area contributed by atoms with Crippen LogP contribution in [0.4, 0.5) is 0 Å². The Bertz CT molecular complexity index is 308. The molecule has 1 N–H and O–H groups in total. The third-order valence-electron chi connectivity index (χ3n) is 5.64. The van der Waals surface area contributed by atoms with Gasteiger partial charge in [-0.1, -0.05) is 20.8 Å². The molecule has 1 saturated carbocycles. The second-order valence-corrected chi connectivity index (χ2v) is 7.69. The summed E-state index contributed by atoms with van der Waals surface area (Å²) in [6.07, 6.45) is 4.55. The number of ether oxygens (including phenoxy) is 1. The quantitative estimate of drug-likeness (QED) is 0.843. The SMILES string of the molecule is CCNC1CCC(C(C)C)CC1CN1CC(C)OCC1C. The average Bonchev–Trinajstić information content (AvgIpc) is 2.44. The lowest BCUT2D eigenvalue weighted by atomic mass is 9.73. The van der Waals surface area contributed by atoms with Gasteiger partial charge in [-0.05, 0) is 57.4 Å². The van der Waals surface area contributed by atoms with Crippen LogP contribution in [0.2, 0.25) is 0 Å². The fourth-order valence-corrected chi connectivity index (χ4v) is 4.17. The Kier molecular flexibility index (Phi) is 6.51. The highest BCUT2D eigenvalue weighted by atomic mass is 16.5. The van der Waals surface area contributed by atoms with Crippen molar-refractivity contribution in [2.24, 2.45) is 17.8 Å². The van der Waals surface area contributed by atoms with Gasteiger partial charge in [0, 0.05) is 25.2 Å². The fraction of sp³-hybridized carbons (Fsp3) is 1.00. The molecule has 2 aliphatic rings. The van der Waals surface area contributed by atoms with Gasteiger partial charge in [0.05, 0.1) is 12.7 Å². The monoisotopic (exact) mass is 296 g/mol. The van der Waals surface area contributed by atoms with Crippen LogP contribution in [0.1, 0.15) is 53.9 Å². The summed E-state index contributed by atoms with van der Waals surface area (Å²) in [5.41, 5.74) is 0. The Labute approximate surface area is 131 Å². The largest absolute Gasteiger partial charge is 0.376 e. The minimum Gasteiger partial charge on any atom is -0.376 e. The highest BCUT2D eigenvalue weighted by Gasteiger charge is 2.34.